The molecule has 3 aromatic rings. The van der Waals surface area contributed by atoms with E-state index in [0.29, 0.717) is 5.92 Å². The van der Waals surface area contributed by atoms with E-state index < -0.39 is 0 Å². The summed E-state index contributed by atoms with van der Waals surface area (Å²) in [6.07, 6.45) is 10.4. The maximum absolute atomic E-state index is 4.60. The Balaban J connectivity index is 1.57. The molecule has 2 nitrogen and oxygen atoms in total. The Hall–Kier alpha value is -3.52. The Labute approximate surface area is 218 Å². The van der Waals surface area contributed by atoms with Crippen LogP contribution in [0, 0.1) is 5.92 Å². The van der Waals surface area contributed by atoms with Gasteiger partial charge in [0.2, 0.25) is 0 Å². The van der Waals surface area contributed by atoms with Crippen molar-refractivity contribution in [2.45, 2.75) is 45.6 Å². The van der Waals surface area contributed by atoms with Crippen LogP contribution in [0.5, 0.6) is 0 Å². The van der Waals surface area contributed by atoms with Crippen molar-refractivity contribution in [2.24, 2.45) is 5.92 Å². The molecule has 0 heterocycles. The molecule has 1 aliphatic carbocycles. The molecule has 0 bridgehead atoms. The maximum atomic E-state index is 4.60. The number of hydrogen-bond acceptors (Lipinski definition) is 2. The van der Waals surface area contributed by atoms with Crippen molar-refractivity contribution in [3.05, 3.63) is 114 Å². The van der Waals surface area contributed by atoms with Crippen molar-refractivity contribution in [2.75, 3.05) is 23.9 Å². The highest BCUT2D eigenvalue weighted by molar-refractivity contribution is 5.67. The summed E-state index contributed by atoms with van der Waals surface area (Å²) in [5.74, 6) is 0.568. The van der Waals surface area contributed by atoms with E-state index >= 15 is 0 Å². The molecule has 0 N–H and O–H groups in total. The molecule has 0 unspecified atom stereocenters. The first-order valence-electron chi connectivity index (χ1n) is 13.2. The van der Waals surface area contributed by atoms with Gasteiger partial charge in [-0.2, -0.15) is 0 Å². The summed E-state index contributed by atoms with van der Waals surface area (Å²) in [7, 11) is 4.14. The highest BCUT2D eigenvalue weighted by atomic mass is 15.1. The van der Waals surface area contributed by atoms with E-state index in [4.69, 9.17) is 0 Å². The topological polar surface area (TPSA) is 6.48 Å². The summed E-state index contributed by atoms with van der Waals surface area (Å²) < 4.78 is 0. The third-order valence-electron chi connectivity index (χ3n) is 7.33. The summed E-state index contributed by atoms with van der Waals surface area (Å²) in [6.45, 7) is 11.7. The van der Waals surface area contributed by atoms with Gasteiger partial charge in [0.1, 0.15) is 0 Å². The van der Waals surface area contributed by atoms with Crippen LogP contribution >= 0.6 is 0 Å². The molecule has 0 saturated heterocycles. The molecule has 1 fully saturated rings. The van der Waals surface area contributed by atoms with E-state index in [1.807, 2.05) is 0 Å². The minimum atomic E-state index is 0.568. The van der Waals surface area contributed by atoms with Crippen LogP contribution in [0.4, 0.5) is 11.4 Å². The van der Waals surface area contributed by atoms with Gasteiger partial charge < -0.3 is 9.80 Å². The lowest BCUT2D eigenvalue weighted by atomic mass is 10.0. The van der Waals surface area contributed by atoms with Gasteiger partial charge in [0, 0.05) is 37.7 Å². The molecule has 1 aliphatic rings. The molecule has 1 saturated carbocycles. The molecule has 0 atom stereocenters. The van der Waals surface area contributed by atoms with Crippen LogP contribution < -0.4 is 9.80 Å². The van der Waals surface area contributed by atoms with Crippen molar-refractivity contribution in [1.29, 1.82) is 0 Å². The Morgan fingerprint density at radius 3 is 2.11 bits per heavy atom. The number of anilines is 2. The monoisotopic (exact) mass is 476 g/mol. The Morgan fingerprint density at radius 1 is 0.861 bits per heavy atom. The van der Waals surface area contributed by atoms with Crippen molar-refractivity contribution in [3.8, 4) is 11.1 Å². The molecule has 0 aromatic heterocycles. The van der Waals surface area contributed by atoms with Gasteiger partial charge in [-0.15, -0.1) is 0 Å². The van der Waals surface area contributed by atoms with Crippen LogP contribution in [0.25, 0.3) is 17.2 Å². The first-order valence-corrected chi connectivity index (χ1v) is 13.2. The second kappa shape index (κ2) is 11.9. The molecular formula is C34H40N2. The third kappa shape index (κ3) is 6.37. The fourth-order valence-electron chi connectivity index (χ4n) is 4.90. The van der Waals surface area contributed by atoms with E-state index in [0.717, 1.165) is 18.5 Å². The lowest BCUT2D eigenvalue weighted by Gasteiger charge is -2.31. The van der Waals surface area contributed by atoms with Crippen molar-refractivity contribution in [3.63, 3.8) is 0 Å². The quantitative estimate of drug-likeness (QED) is 0.269. The number of hydrogen-bond donors (Lipinski definition) is 0. The Morgan fingerprint density at radius 2 is 1.50 bits per heavy atom. The average molecular weight is 477 g/mol. The van der Waals surface area contributed by atoms with Gasteiger partial charge in [-0.25, -0.2) is 0 Å². The van der Waals surface area contributed by atoms with Gasteiger partial charge in [-0.1, -0.05) is 99.2 Å². The fourth-order valence-corrected chi connectivity index (χ4v) is 4.90. The first kappa shape index (κ1) is 25.6. The summed E-state index contributed by atoms with van der Waals surface area (Å²) >= 11 is 0. The Bertz CT molecular complexity index is 1190. The normalized spacial score (nSPS) is 13.8. The molecule has 0 radical (unpaired) electrons. The van der Waals surface area contributed by atoms with E-state index in [-0.39, 0.29) is 0 Å². The van der Waals surface area contributed by atoms with Gasteiger partial charge in [0.05, 0.1) is 0 Å². The maximum Gasteiger partial charge on any atom is 0.0478 e. The third-order valence-corrected chi connectivity index (χ3v) is 7.33. The van der Waals surface area contributed by atoms with Gasteiger partial charge in [-0.3, -0.25) is 0 Å². The average Bonchev–Trinajstić information content (AvgIpc) is 3.46. The van der Waals surface area contributed by atoms with Gasteiger partial charge in [0.15, 0.2) is 0 Å². The zero-order valence-corrected chi connectivity index (χ0v) is 22.2. The SMILES string of the molecule is C=C(/C=C/c1cccc(N(Cc2ccc(-c3ccc(N(C)C)cc3)cc2)C(=C)C2CCCC2)c1)CC. The largest absolute Gasteiger partial charge is 0.378 e. The molecule has 2 heteroatoms. The molecular weight excluding hydrogens is 436 g/mol. The molecule has 0 aliphatic heterocycles. The van der Waals surface area contributed by atoms with Crippen LogP contribution in [-0.2, 0) is 6.54 Å². The second-order valence-electron chi connectivity index (χ2n) is 10.1. The van der Waals surface area contributed by atoms with Gasteiger partial charge in [0.25, 0.3) is 0 Å². The van der Waals surface area contributed by atoms with Crippen LogP contribution in [0.3, 0.4) is 0 Å². The van der Waals surface area contributed by atoms with Crippen LogP contribution in [-0.4, -0.2) is 14.1 Å². The molecule has 0 spiro atoms. The molecule has 0 amide bonds. The second-order valence-corrected chi connectivity index (χ2v) is 10.1. The van der Waals surface area contributed by atoms with Gasteiger partial charge in [-0.05, 0) is 71.7 Å². The van der Waals surface area contributed by atoms with Crippen LogP contribution in [0.2, 0.25) is 0 Å². The number of allylic oxidation sites excluding steroid dienone is 3. The van der Waals surface area contributed by atoms with Crippen molar-refractivity contribution >= 4 is 17.5 Å². The highest BCUT2D eigenvalue weighted by Crippen LogP contribution is 2.35. The van der Waals surface area contributed by atoms with Crippen molar-refractivity contribution < 1.29 is 0 Å². The first-order chi connectivity index (χ1) is 17.4. The van der Waals surface area contributed by atoms with Crippen molar-refractivity contribution in [1.82, 2.24) is 0 Å². The predicted molar refractivity (Wildman–Crippen MR) is 158 cm³/mol. The fraction of sp³-hybridized carbons (Fsp3) is 0.294. The Kier molecular flexibility index (Phi) is 8.48. The number of benzene rings is 3. The molecule has 36 heavy (non-hydrogen) atoms. The van der Waals surface area contributed by atoms with Crippen LogP contribution in [0.1, 0.15) is 50.2 Å². The highest BCUT2D eigenvalue weighted by Gasteiger charge is 2.23. The van der Waals surface area contributed by atoms with E-state index in [2.05, 4.69) is 129 Å². The summed E-state index contributed by atoms with van der Waals surface area (Å²) in [6, 6.07) is 26.6. The summed E-state index contributed by atoms with van der Waals surface area (Å²) in [5, 5.41) is 0. The summed E-state index contributed by atoms with van der Waals surface area (Å²) in [4.78, 5) is 4.56. The van der Waals surface area contributed by atoms with E-state index in [1.54, 1.807) is 0 Å². The molecule has 4 rings (SSSR count). The molecule has 3 aromatic carbocycles. The minimum Gasteiger partial charge on any atom is -0.378 e. The smallest absolute Gasteiger partial charge is 0.0478 e. The standard InChI is InChI=1S/C34H40N2/c1-6-26(2)14-15-28-10-9-13-34(24-28)36(27(3)30-11-7-8-12-30)25-29-16-18-31(19-17-29)32-20-22-33(23-21-32)35(4)5/h9-10,13-24,30H,2-3,6-8,11-12,25H2,1,4-5H3/b15-14+. The lowest BCUT2D eigenvalue weighted by molar-refractivity contribution is 0.611. The zero-order chi connectivity index (χ0) is 25.5. The van der Waals surface area contributed by atoms with Gasteiger partial charge >= 0.3 is 0 Å². The minimum absolute atomic E-state index is 0.568. The number of rotatable bonds is 10. The molecule has 186 valence electrons. The predicted octanol–water partition coefficient (Wildman–Crippen LogP) is 9.11. The lowest BCUT2D eigenvalue weighted by Crippen LogP contribution is -2.25. The van der Waals surface area contributed by atoms with E-state index in [9.17, 15) is 0 Å². The van der Waals surface area contributed by atoms with E-state index in [1.165, 1.54) is 65.0 Å². The van der Waals surface area contributed by atoms with Crippen LogP contribution in [0.15, 0.2) is 103 Å². The zero-order valence-electron chi connectivity index (χ0n) is 22.2. The number of nitrogens with zero attached hydrogens (tertiary/aromatic N) is 2. The summed E-state index contributed by atoms with van der Waals surface area (Å²) in [5.41, 5.74) is 9.79.